The van der Waals surface area contributed by atoms with Gasteiger partial charge in [0.25, 0.3) is 0 Å². The summed E-state index contributed by atoms with van der Waals surface area (Å²) in [6.45, 7) is 3.27. The fourth-order valence-electron chi connectivity index (χ4n) is 2.10. The van der Waals surface area contributed by atoms with Gasteiger partial charge in [-0.1, -0.05) is 18.2 Å². The second kappa shape index (κ2) is 6.41. The predicted octanol–water partition coefficient (Wildman–Crippen LogP) is 1.40. The van der Waals surface area contributed by atoms with E-state index in [0.29, 0.717) is 0 Å². The third kappa shape index (κ3) is 3.53. The molecule has 1 amide bonds. The van der Waals surface area contributed by atoms with E-state index in [0.717, 1.165) is 11.3 Å². The molecular weight excluding hydrogens is 316 g/mol. The number of sulfonamides is 1. The number of carbonyl (C=O) groups excluding carboxylic acids is 1. The Kier molecular flexibility index (Phi) is 4.74. The number of amides is 1. The molecule has 2 rings (SSSR count). The van der Waals surface area contributed by atoms with Gasteiger partial charge >= 0.3 is 0 Å². The molecule has 0 bridgehead atoms. The molecular formula is C15H20N4O3S. The highest BCUT2D eigenvalue weighted by molar-refractivity contribution is 7.94. The van der Waals surface area contributed by atoms with Crippen LogP contribution in [0.25, 0.3) is 5.69 Å². The van der Waals surface area contributed by atoms with Gasteiger partial charge in [0.1, 0.15) is 5.82 Å². The predicted molar refractivity (Wildman–Crippen MR) is 89.0 cm³/mol. The molecule has 0 saturated carbocycles. The van der Waals surface area contributed by atoms with Crippen molar-refractivity contribution in [3.8, 4) is 5.69 Å². The third-order valence-electron chi connectivity index (χ3n) is 3.49. The largest absolute Gasteiger partial charge is 0.348 e. The molecule has 0 spiro atoms. The average molecular weight is 336 g/mol. The van der Waals surface area contributed by atoms with Gasteiger partial charge in [-0.3, -0.25) is 9.52 Å². The van der Waals surface area contributed by atoms with Crippen LogP contribution in [0.5, 0.6) is 0 Å². The smallest absolute Gasteiger partial charge is 0.245 e. The zero-order valence-corrected chi connectivity index (χ0v) is 14.3. The number of rotatable bonds is 5. The maximum atomic E-state index is 12.4. The molecule has 0 unspecified atom stereocenters. The Morgan fingerprint density at radius 2 is 1.91 bits per heavy atom. The molecule has 1 aromatic heterocycles. The highest BCUT2D eigenvalue weighted by Gasteiger charge is 2.30. The van der Waals surface area contributed by atoms with Crippen molar-refractivity contribution < 1.29 is 13.2 Å². The van der Waals surface area contributed by atoms with E-state index >= 15 is 0 Å². The first-order valence-corrected chi connectivity index (χ1v) is 8.61. The number of carbonyl (C=O) groups is 1. The number of benzene rings is 1. The normalized spacial score (nSPS) is 12.7. The fraction of sp³-hybridized carbons (Fsp3) is 0.333. The van der Waals surface area contributed by atoms with Gasteiger partial charge in [-0.2, -0.15) is 5.10 Å². The highest BCUT2D eigenvalue weighted by atomic mass is 32.2. The minimum atomic E-state index is -3.87. The van der Waals surface area contributed by atoms with Crippen LogP contribution in [0.1, 0.15) is 12.5 Å². The van der Waals surface area contributed by atoms with Gasteiger partial charge in [0.15, 0.2) is 5.25 Å². The molecule has 0 aliphatic rings. The Labute approximate surface area is 136 Å². The van der Waals surface area contributed by atoms with Crippen LogP contribution in [0.3, 0.4) is 0 Å². The van der Waals surface area contributed by atoms with Gasteiger partial charge < -0.3 is 4.90 Å². The molecule has 1 aromatic carbocycles. The van der Waals surface area contributed by atoms with E-state index in [2.05, 4.69) is 9.82 Å². The van der Waals surface area contributed by atoms with Crippen LogP contribution >= 0.6 is 0 Å². The van der Waals surface area contributed by atoms with Gasteiger partial charge in [0, 0.05) is 20.2 Å². The Hall–Kier alpha value is -2.35. The van der Waals surface area contributed by atoms with Crippen molar-refractivity contribution in [2.75, 3.05) is 18.8 Å². The molecule has 1 atom stereocenters. The van der Waals surface area contributed by atoms with Crippen molar-refractivity contribution in [3.63, 3.8) is 0 Å². The Balaban J connectivity index is 2.34. The Morgan fingerprint density at radius 1 is 1.26 bits per heavy atom. The molecule has 2 aromatic rings. The first-order chi connectivity index (χ1) is 10.7. The number of aromatic nitrogens is 2. The second-order valence-electron chi connectivity index (χ2n) is 5.44. The lowest BCUT2D eigenvalue weighted by molar-refractivity contribution is -0.127. The van der Waals surface area contributed by atoms with Gasteiger partial charge in [0.05, 0.1) is 11.9 Å². The summed E-state index contributed by atoms with van der Waals surface area (Å²) in [5.74, 6) is -0.197. The maximum absolute atomic E-state index is 12.4. The van der Waals surface area contributed by atoms with E-state index in [-0.39, 0.29) is 5.82 Å². The van der Waals surface area contributed by atoms with Gasteiger partial charge in [-0.05, 0) is 25.5 Å². The minimum absolute atomic E-state index is 0.290. The van der Waals surface area contributed by atoms with E-state index in [9.17, 15) is 13.2 Å². The number of hydrogen-bond acceptors (Lipinski definition) is 4. The van der Waals surface area contributed by atoms with Gasteiger partial charge in [-0.15, -0.1) is 0 Å². The Bertz CT molecular complexity index is 812. The highest BCUT2D eigenvalue weighted by Crippen LogP contribution is 2.20. The van der Waals surface area contributed by atoms with E-state index in [1.807, 2.05) is 31.2 Å². The van der Waals surface area contributed by atoms with E-state index in [1.54, 1.807) is 6.07 Å². The van der Waals surface area contributed by atoms with Gasteiger partial charge in [0.2, 0.25) is 15.9 Å². The molecule has 0 aliphatic carbocycles. The second-order valence-corrected chi connectivity index (χ2v) is 7.44. The summed E-state index contributed by atoms with van der Waals surface area (Å²) in [6.07, 6.45) is 1.50. The number of para-hydroxylation sites is 1. The number of hydrogen-bond donors (Lipinski definition) is 1. The fourth-order valence-corrected chi connectivity index (χ4v) is 3.20. The summed E-state index contributed by atoms with van der Waals surface area (Å²) in [4.78, 5) is 13.2. The van der Waals surface area contributed by atoms with Crippen LogP contribution < -0.4 is 4.72 Å². The van der Waals surface area contributed by atoms with Crippen molar-refractivity contribution in [2.24, 2.45) is 0 Å². The number of anilines is 1. The van der Waals surface area contributed by atoms with E-state index in [4.69, 9.17) is 0 Å². The molecule has 8 heteroatoms. The lowest BCUT2D eigenvalue weighted by atomic mass is 10.2. The molecule has 0 aliphatic heterocycles. The minimum Gasteiger partial charge on any atom is -0.348 e. The van der Waals surface area contributed by atoms with Crippen LogP contribution in [-0.2, 0) is 14.8 Å². The van der Waals surface area contributed by atoms with Crippen molar-refractivity contribution in [2.45, 2.75) is 19.1 Å². The molecule has 0 saturated heterocycles. The van der Waals surface area contributed by atoms with Crippen molar-refractivity contribution in [1.29, 1.82) is 0 Å². The molecule has 1 heterocycles. The zero-order chi connectivity index (χ0) is 17.2. The monoisotopic (exact) mass is 336 g/mol. The first kappa shape index (κ1) is 17.0. The van der Waals surface area contributed by atoms with Crippen LogP contribution in [-0.4, -0.2) is 48.4 Å². The quantitative estimate of drug-likeness (QED) is 0.894. The van der Waals surface area contributed by atoms with E-state index in [1.165, 1.54) is 36.8 Å². The molecule has 1 N–H and O–H groups in total. The summed E-state index contributed by atoms with van der Waals surface area (Å²) in [6, 6.07) is 9.04. The number of aryl methyl sites for hydroxylation is 1. The van der Waals surface area contributed by atoms with Crippen molar-refractivity contribution in [1.82, 2.24) is 14.7 Å². The number of nitrogens with zero attached hydrogens (tertiary/aromatic N) is 3. The van der Waals surface area contributed by atoms with Crippen LogP contribution in [0, 0.1) is 6.92 Å². The Morgan fingerprint density at radius 3 is 2.52 bits per heavy atom. The third-order valence-corrected chi connectivity index (χ3v) is 5.11. The van der Waals surface area contributed by atoms with E-state index < -0.39 is 21.2 Å². The summed E-state index contributed by atoms with van der Waals surface area (Å²) in [5.41, 5.74) is 1.72. The molecule has 0 radical (unpaired) electrons. The van der Waals surface area contributed by atoms with Gasteiger partial charge in [-0.25, -0.2) is 13.1 Å². The number of nitrogens with one attached hydrogen (secondary N) is 1. The summed E-state index contributed by atoms with van der Waals surface area (Å²) in [5, 5.41) is 2.97. The van der Waals surface area contributed by atoms with Crippen LogP contribution in [0.2, 0.25) is 0 Å². The SMILES string of the molecule is Cc1ccccc1-n1nccc1NS(=O)(=O)[C@@H](C)C(=O)N(C)C. The lowest BCUT2D eigenvalue weighted by Crippen LogP contribution is -2.40. The maximum Gasteiger partial charge on any atom is 0.245 e. The topological polar surface area (TPSA) is 84.3 Å². The molecule has 7 nitrogen and oxygen atoms in total. The summed E-state index contributed by atoms with van der Waals surface area (Å²) >= 11 is 0. The van der Waals surface area contributed by atoms with Crippen molar-refractivity contribution >= 4 is 21.7 Å². The molecule has 23 heavy (non-hydrogen) atoms. The standard InChI is InChI=1S/C15H20N4O3S/c1-11-7-5-6-8-13(11)19-14(9-10-16-19)17-23(21,22)12(2)15(20)18(3)4/h5-10,12,17H,1-4H3/t12-/m0/s1. The first-order valence-electron chi connectivity index (χ1n) is 7.07. The molecule has 124 valence electrons. The average Bonchev–Trinajstić information content (AvgIpc) is 2.93. The van der Waals surface area contributed by atoms with Crippen molar-refractivity contribution in [3.05, 3.63) is 42.1 Å². The lowest BCUT2D eigenvalue weighted by Gasteiger charge is -2.18. The van der Waals surface area contributed by atoms with Crippen LogP contribution in [0.4, 0.5) is 5.82 Å². The molecule has 0 fully saturated rings. The summed E-state index contributed by atoms with van der Waals surface area (Å²) < 4.78 is 28.8. The zero-order valence-electron chi connectivity index (χ0n) is 13.5. The van der Waals surface area contributed by atoms with Crippen LogP contribution in [0.15, 0.2) is 36.5 Å². The summed E-state index contributed by atoms with van der Waals surface area (Å²) in [7, 11) is -0.833.